The average Bonchev–Trinajstić information content (AvgIpc) is 3.12. The van der Waals surface area contributed by atoms with Gasteiger partial charge in [-0.3, -0.25) is 9.59 Å². The van der Waals surface area contributed by atoms with E-state index in [2.05, 4.69) is 10.3 Å². The molecule has 0 spiro atoms. The molecule has 2 heterocycles. The fraction of sp³-hybridized carbons (Fsp3) is 0.400. The van der Waals surface area contributed by atoms with Gasteiger partial charge in [0.05, 0.1) is 11.3 Å². The minimum Gasteiger partial charge on any atom is -0.492 e. The number of nitrogens with zero attached hydrogens (tertiary/aromatic N) is 2. The quantitative estimate of drug-likeness (QED) is 0.464. The van der Waals surface area contributed by atoms with Crippen molar-refractivity contribution in [1.82, 2.24) is 14.7 Å². The number of ketones is 1. The summed E-state index contributed by atoms with van der Waals surface area (Å²) in [6, 6.07) is 10.0. The highest BCUT2D eigenvalue weighted by Gasteiger charge is 2.30. The smallest absolute Gasteiger partial charge is 0.292 e. The molecule has 1 aliphatic carbocycles. The Labute approximate surface area is 182 Å². The lowest BCUT2D eigenvalue weighted by atomic mass is 9.87. The third-order valence-electron chi connectivity index (χ3n) is 6.38. The first-order valence-corrected chi connectivity index (χ1v) is 11.1. The fourth-order valence-corrected chi connectivity index (χ4v) is 4.82. The molecule has 1 fully saturated rings. The number of hydrogen-bond acceptors (Lipinski definition) is 4. The van der Waals surface area contributed by atoms with Gasteiger partial charge in [-0.15, -0.1) is 0 Å². The maximum absolute atomic E-state index is 13.0. The summed E-state index contributed by atoms with van der Waals surface area (Å²) in [6.07, 6.45) is 8.81. The van der Waals surface area contributed by atoms with E-state index in [0.717, 1.165) is 48.2 Å². The molecule has 1 saturated carbocycles. The first kappa shape index (κ1) is 21.1. The molecule has 6 nitrogen and oxygen atoms in total. The summed E-state index contributed by atoms with van der Waals surface area (Å²) in [7, 11) is 1.44. The lowest BCUT2D eigenvalue weighted by Crippen LogP contribution is -2.28. The van der Waals surface area contributed by atoms with Gasteiger partial charge in [0.2, 0.25) is 5.88 Å². The maximum Gasteiger partial charge on any atom is 0.292 e. The summed E-state index contributed by atoms with van der Waals surface area (Å²) in [6.45, 7) is 1.97. The van der Waals surface area contributed by atoms with E-state index >= 15 is 0 Å². The van der Waals surface area contributed by atoms with E-state index in [0.29, 0.717) is 24.3 Å². The Bertz CT molecular complexity index is 1110. The third-order valence-corrected chi connectivity index (χ3v) is 6.38. The number of likely N-dealkylation sites (N-methyl/N-ethyl adjacent to an activating group) is 1. The number of benzene rings is 1. The van der Waals surface area contributed by atoms with Crippen LogP contribution in [0.4, 0.5) is 0 Å². The van der Waals surface area contributed by atoms with Crippen LogP contribution in [0.5, 0.6) is 5.88 Å². The highest BCUT2D eigenvalue weighted by molar-refractivity contribution is 6.44. The summed E-state index contributed by atoms with van der Waals surface area (Å²) in [5.41, 5.74) is 4.26. The molecule has 0 radical (unpaired) electrons. The fourth-order valence-electron chi connectivity index (χ4n) is 4.82. The van der Waals surface area contributed by atoms with Crippen molar-refractivity contribution in [3.05, 3.63) is 64.6 Å². The number of carbonyl (C=O) groups is 2. The van der Waals surface area contributed by atoms with E-state index in [9.17, 15) is 14.7 Å². The van der Waals surface area contributed by atoms with Crippen LogP contribution in [0.15, 0.2) is 36.5 Å². The van der Waals surface area contributed by atoms with Crippen molar-refractivity contribution in [2.75, 3.05) is 7.05 Å². The van der Waals surface area contributed by atoms with Crippen molar-refractivity contribution in [1.29, 1.82) is 0 Å². The monoisotopic (exact) mass is 419 g/mol. The van der Waals surface area contributed by atoms with Crippen LogP contribution in [-0.4, -0.2) is 33.2 Å². The molecule has 0 unspecified atom stereocenters. The van der Waals surface area contributed by atoms with E-state index < -0.39 is 11.7 Å². The Morgan fingerprint density at radius 1 is 1.16 bits per heavy atom. The molecule has 0 saturated heterocycles. The number of aromatic nitrogens is 2. The molecular formula is C25H29N3O3. The Morgan fingerprint density at radius 3 is 2.52 bits per heavy atom. The van der Waals surface area contributed by atoms with E-state index in [-0.39, 0.29) is 11.4 Å². The Morgan fingerprint density at radius 2 is 1.87 bits per heavy atom. The number of aromatic hydroxyl groups is 1. The van der Waals surface area contributed by atoms with Gasteiger partial charge < -0.3 is 14.8 Å². The maximum atomic E-state index is 13.0. The second kappa shape index (κ2) is 8.92. The normalized spacial score (nSPS) is 14.6. The molecule has 0 bridgehead atoms. The second-order valence-corrected chi connectivity index (χ2v) is 8.27. The van der Waals surface area contributed by atoms with Gasteiger partial charge in [0.15, 0.2) is 0 Å². The summed E-state index contributed by atoms with van der Waals surface area (Å²) in [4.78, 5) is 29.8. The molecule has 1 aliphatic rings. The van der Waals surface area contributed by atoms with E-state index in [1.54, 1.807) is 0 Å². The zero-order chi connectivity index (χ0) is 22.0. The Balaban J connectivity index is 1.95. The van der Waals surface area contributed by atoms with Crippen molar-refractivity contribution >= 4 is 17.2 Å². The average molecular weight is 420 g/mol. The number of nitrogens with one attached hydrogen (secondary N) is 1. The summed E-state index contributed by atoms with van der Waals surface area (Å²) >= 11 is 0. The first-order chi connectivity index (χ1) is 15.0. The molecule has 1 amide bonds. The number of hydrogen-bond donors (Lipinski definition) is 2. The minimum atomic E-state index is -0.691. The zero-order valence-electron chi connectivity index (χ0n) is 18.1. The zero-order valence-corrected chi connectivity index (χ0v) is 18.1. The van der Waals surface area contributed by atoms with Crippen molar-refractivity contribution in [3.8, 4) is 5.88 Å². The lowest BCUT2D eigenvalue weighted by Gasteiger charge is -2.21. The second-order valence-electron chi connectivity index (χ2n) is 8.27. The summed E-state index contributed by atoms with van der Waals surface area (Å²) in [5, 5.41) is 13.4. The predicted molar refractivity (Wildman–Crippen MR) is 120 cm³/mol. The van der Waals surface area contributed by atoms with E-state index in [1.165, 1.54) is 13.5 Å². The van der Waals surface area contributed by atoms with Gasteiger partial charge in [-0.25, -0.2) is 4.98 Å². The van der Waals surface area contributed by atoms with Gasteiger partial charge in [0.1, 0.15) is 5.52 Å². The summed E-state index contributed by atoms with van der Waals surface area (Å²) in [5.74, 6) is -1.20. The highest BCUT2D eigenvalue weighted by Crippen LogP contribution is 2.36. The van der Waals surface area contributed by atoms with Gasteiger partial charge in [-0.2, -0.15) is 0 Å². The van der Waals surface area contributed by atoms with Gasteiger partial charge >= 0.3 is 0 Å². The largest absolute Gasteiger partial charge is 0.492 e. The van der Waals surface area contributed by atoms with Crippen LogP contribution in [0.1, 0.15) is 77.8 Å². The van der Waals surface area contributed by atoms with Crippen LogP contribution in [0, 0.1) is 0 Å². The van der Waals surface area contributed by atoms with Crippen LogP contribution in [-0.2, 0) is 17.6 Å². The molecule has 0 aliphatic heterocycles. The predicted octanol–water partition coefficient (Wildman–Crippen LogP) is 4.17. The van der Waals surface area contributed by atoms with E-state index in [1.807, 2.05) is 47.9 Å². The topological polar surface area (TPSA) is 83.7 Å². The SMILES string of the molecule is CCc1c(C(=O)C(=O)NC)c2c(O)nc(C3CCCCC3)cn2c1Cc1ccccc1. The number of Topliss-reactive ketones (excluding diaryl/α,β-unsaturated/α-hetero) is 1. The molecule has 6 heteroatoms. The van der Waals surface area contributed by atoms with Crippen molar-refractivity contribution in [3.63, 3.8) is 0 Å². The molecule has 4 rings (SSSR count). The molecule has 0 atom stereocenters. The van der Waals surface area contributed by atoms with Crippen LogP contribution < -0.4 is 5.32 Å². The Hall–Kier alpha value is -3.15. The van der Waals surface area contributed by atoms with E-state index in [4.69, 9.17) is 0 Å². The van der Waals surface area contributed by atoms with Crippen LogP contribution in [0.3, 0.4) is 0 Å². The lowest BCUT2D eigenvalue weighted by molar-refractivity contribution is -0.116. The highest BCUT2D eigenvalue weighted by atomic mass is 16.3. The molecule has 2 N–H and O–H groups in total. The van der Waals surface area contributed by atoms with Crippen LogP contribution in [0.2, 0.25) is 0 Å². The number of rotatable bonds is 6. The summed E-state index contributed by atoms with van der Waals surface area (Å²) < 4.78 is 1.91. The van der Waals surface area contributed by atoms with Crippen LogP contribution in [0.25, 0.3) is 5.52 Å². The minimum absolute atomic E-state index is 0.177. The number of amides is 1. The van der Waals surface area contributed by atoms with Gasteiger partial charge in [0.25, 0.3) is 11.7 Å². The van der Waals surface area contributed by atoms with Crippen LogP contribution >= 0.6 is 0 Å². The van der Waals surface area contributed by atoms with Gasteiger partial charge in [-0.05, 0) is 30.4 Å². The number of carbonyl (C=O) groups excluding carboxylic acids is 2. The third kappa shape index (κ3) is 3.94. The standard InChI is InChI=1S/C25H29N3O3/c1-3-18-20(14-16-10-6-4-7-11-16)28-15-19(17-12-8-5-9-13-17)27-24(30)22(28)21(18)23(29)25(31)26-2/h4,6-7,10-11,15,17H,3,5,8-9,12-14H2,1-2H3,(H,26,31)(H,27,30). The van der Waals surface area contributed by atoms with Crippen molar-refractivity contribution < 1.29 is 14.7 Å². The van der Waals surface area contributed by atoms with Crippen molar-refractivity contribution in [2.45, 2.75) is 57.8 Å². The Kier molecular flexibility index (Phi) is 6.07. The molecule has 31 heavy (non-hydrogen) atoms. The van der Waals surface area contributed by atoms with Crippen molar-refractivity contribution in [2.24, 2.45) is 0 Å². The number of fused-ring (bicyclic) bond motifs is 1. The molecule has 162 valence electrons. The van der Waals surface area contributed by atoms with Gasteiger partial charge in [-0.1, -0.05) is 56.5 Å². The molecule has 1 aromatic carbocycles. The molecule has 2 aromatic heterocycles. The molecular weight excluding hydrogens is 390 g/mol. The molecule has 3 aromatic rings. The first-order valence-electron chi connectivity index (χ1n) is 11.1. The van der Waals surface area contributed by atoms with Gasteiger partial charge in [0, 0.05) is 31.3 Å².